The summed E-state index contributed by atoms with van der Waals surface area (Å²) in [5, 5.41) is 0. The van der Waals surface area contributed by atoms with Gasteiger partial charge in [-0.3, -0.25) is 4.79 Å². The molecule has 0 aliphatic heterocycles. The molecule has 0 saturated carbocycles. The molecule has 66 valence electrons. The summed E-state index contributed by atoms with van der Waals surface area (Å²) in [7, 11) is 0. The summed E-state index contributed by atoms with van der Waals surface area (Å²) in [4.78, 5) is 10.1. The molecule has 1 aliphatic carbocycles. The number of aldehydes is 1. The van der Waals surface area contributed by atoms with Crippen molar-refractivity contribution in [2.75, 3.05) is 0 Å². The fourth-order valence-corrected chi connectivity index (χ4v) is 1.93. The van der Waals surface area contributed by atoms with Gasteiger partial charge in [-0.05, 0) is 36.0 Å². The lowest BCUT2D eigenvalue weighted by molar-refractivity contribution is -0.104. The molecule has 0 atom stereocenters. The van der Waals surface area contributed by atoms with Crippen LogP contribution in [0.5, 0.6) is 0 Å². The zero-order chi connectivity index (χ0) is 9.10. The van der Waals surface area contributed by atoms with Crippen molar-refractivity contribution in [2.45, 2.75) is 12.8 Å². The van der Waals surface area contributed by atoms with Crippen LogP contribution in [0.15, 0.2) is 36.4 Å². The fourth-order valence-electron chi connectivity index (χ4n) is 1.93. The van der Waals surface area contributed by atoms with Crippen molar-refractivity contribution < 1.29 is 4.79 Å². The van der Waals surface area contributed by atoms with Gasteiger partial charge in [0, 0.05) is 0 Å². The van der Waals surface area contributed by atoms with Gasteiger partial charge in [-0.1, -0.05) is 30.3 Å². The second kappa shape index (κ2) is 3.56. The number of allylic oxidation sites excluding steroid dienone is 2. The van der Waals surface area contributed by atoms with Crippen molar-refractivity contribution in [2.24, 2.45) is 5.92 Å². The summed E-state index contributed by atoms with van der Waals surface area (Å²) in [6.07, 6.45) is 6.63. The molecule has 0 N–H and O–H groups in total. The van der Waals surface area contributed by atoms with Crippen LogP contribution in [0.3, 0.4) is 0 Å². The minimum Gasteiger partial charge on any atom is -0.299 e. The summed E-state index contributed by atoms with van der Waals surface area (Å²) in [6.45, 7) is 0. The molecule has 0 unspecified atom stereocenters. The fraction of sp³-hybridized carbons (Fsp3) is 0.250. The van der Waals surface area contributed by atoms with Crippen molar-refractivity contribution in [1.82, 2.24) is 0 Å². The van der Waals surface area contributed by atoms with Crippen molar-refractivity contribution >= 4 is 6.29 Å². The number of carbonyl (C=O) groups is 1. The topological polar surface area (TPSA) is 17.1 Å². The summed E-state index contributed by atoms with van der Waals surface area (Å²) < 4.78 is 0. The van der Waals surface area contributed by atoms with Gasteiger partial charge >= 0.3 is 0 Å². The first kappa shape index (κ1) is 8.24. The van der Waals surface area contributed by atoms with E-state index in [9.17, 15) is 4.79 Å². The molecule has 0 fully saturated rings. The number of fused-ring (bicyclic) bond motifs is 1. The monoisotopic (exact) mass is 172 g/mol. The van der Waals surface area contributed by atoms with Gasteiger partial charge in [-0.15, -0.1) is 0 Å². The first-order chi connectivity index (χ1) is 6.40. The van der Waals surface area contributed by atoms with Crippen LogP contribution in [0.1, 0.15) is 11.1 Å². The van der Waals surface area contributed by atoms with Gasteiger partial charge in [0.25, 0.3) is 0 Å². The molecule has 0 aromatic heterocycles. The molecular weight excluding hydrogens is 160 g/mol. The first-order valence-electron chi connectivity index (χ1n) is 4.59. The van der Waals surface area contributed by atoms with Crippen molar-refractivity contribution in [3.05, 3.63) is 47.5 Å². The van der Waals surface area contributed by atoms with Crippen LogP contribution in [0.2, 0.25) is 0 Å². The molecule has 1 aliphatic rings. The summed E-state index contributed by atoms with van der Waals surface area (Å²) in [5.74, 6) is 0.530. The third-order valence-electron chi connectivity index (χ3n) is 2.54. The van der Waals surface area contributed by atoms with Gasteiger partial charge in [0.2, 0.25) is 0 Å². The zero-order valence-corrected chi connectivity index (χ0v) is 7.44. The summed E-state index contributed by atoms with van der Waals surface area (Å²) in [5.41, 5.74) is 2.87. The van der Waals surface area contributed by atoms with E-state index in [2.05, 4.69) is 24.3 Å². The Hall–Kier alpha value is -1.37. The number of hydrogen-bond acceptors (Lipinski definition) is 1. The smallest absolute Gasteiger partial charge is 0.142 e. The quantitative estimate of drug-likeness (QED) is 0.493. The highest BCUT2D eigenvalue weighted by Crippen LogP contribution is 2.26. The third-order valence-corrected chi connectivity index (χ3v) is 2.54. The molecule has 1 heteroatoms. The predicted octanol–water partition coefficient (Wildman–Crippen LogP) is 2.16. The molecule has 0 spiro atoms. The molecule has 1 nitrogen and oxygen atoms in total. The van der Waals surface area contributed by atoms with Crippen LogP contribution in [0, 0.1) is 5.92 Å². The van der Waals surface area contributed by atoms with Crippen LogP contribution >= 0.6 is 0 Å². The first-order valence-corrected chi connectivity index (χ1v) is 4.59. The largest absolute Gasteiger partial charge is 0.299 e. The van der Waals surface area contributed by atoms with Crippen LogP contribution < -0.4 is 0 Å². The van der Waals surface area contributed by atoms with Crippen LogP contribution in [-0.2, 0) is 17.6 Å². The van der Waals surface area contributed by atoms with Gasteiger partial charge in [0.1, 0.15) is 6.29 Å². The normalized spacial score (nSPS) is 16.3. The molecule has 0 radical (unpaired) electrons. The predicted molar refractivity (Wildman–Crippen MR) is 52.5 cm³/mol. The molecule has 2 rings (SSSR count). The molecule has 1 aromatic carbocycles. The van der Waals surface area contributed by atoms with Gasteiger partial charge < -0.3 is 0 Å². The minimum absolute atomic E-state index is 0.530. The van der Waals surface area contributed by atoms with Crippen molar-refractivity contribution in [3.63, 3.8) is 0 Å². The lowest BCUT2D eigenvalue weighted by Gasteiger charge is -1.97. The number of rotatable bonds is 2. The summed E-state index contributed by atoms with van der Waals surface area (Å²) in [6, 6.07) is 8.49. The molecular formula is C12H12O. The van der Waals surface area contributed by atoms with Gasteiger partial charge in [0.05, 0.1) is 0 Å². The SMILES string of the molecule is O=C/C=C/C1Cc2ccccc2C1. The highest BCUT2D eigenvalue weighted by Gasteiger charge is 2.17. The van der Waals surface area contributed by atoms with Crippen LogP contribution in [0.4, 0.5) is 0 Å². The van der Waals surface area contributed by atoms with E-state index in [0.29, 0.717) is 5.92 Å². The van der Waals surface area contributed by atoms with Gasteiger partial charge in [-0.2, -0.15) is 0 Å². The van der Waals surface area contributed by atoms with Crippen molar-refractivity contribution in [3.8, 4) is 0 Å². The molecule has 0 bridgehead atoms. The van der Waals surface area contributed by atoms with Gasteiger partial charge in [0.15, 0.2) is 0 Å². The highest BCUT2D eigenvalue weighted by molar-refractivity contribution is 5.64. The summed E-state index contributed by atoms with van der Waals surface area (Å²) >= 11 is 0. The molecule has 1 aromatic rings. The van der Waals surface area contributed by atoms with E-state index in [-0.39, 0.29) is 0 Å². The average Bonchev–Trinajstić information content (AvgIpc) is 2.57. The zero-order valence-electron chi connectivity index (χ0n) is 7.44. The Kier molecular flexibility index (Phi) is 2.26. The Morgan fingerprint density at radius 1 is 1.15 bits per heavy atom. The Bertz CT molecular complexity index is 314. The van der Waals surface area contributed by atoms with E-state index in [4.69, 9.17) is 0 Å². The standard InChI is InChI=1S/C12H12O/c13-7-3-4-10-8-11-5-1-2-6-12(11)9-10/h1-7,10H,8-9H2/b4-3+. The molecule has 0 amide bonds. The van der Waals surface area contributed by atoms with E-state index < -0.39 is 0 Å². The number of benzene rings is 1. The van der Waals surface area contributed by atoms with Crippen LogP contribution in [-0.4, -0.2) is 6.29 Å². The molecule has 0 heterocycles. The minimum atomic E-state index is 0.530. The molecule has 13 heavy (non-hydrogen) atoms. The maximum Gasteiger partial charge on any atom is 0.142 e. The van der Waals surface area contributed by atoms with E-state index in [0.717, 1.165) is 19.1 Å². The Morgan fingerprint density at radius 2 is 1.77 bits per heavy atom. The highest BCUT2D eigenvalue weighted by atomic mass is 16.1. The maximum atomic E-state index is 10.1. The second-order valence-electron chi connectivity index (χ2n) is 3.46. The number of carbonyl (C=O) groups excluding carboxylic acids is 1. The van der Waals surface area contributed by atoms with E-state index >= 15 is 0 Å². The van der Waals surface area contributed by atoms with E-state index in [1.165, 1.54) is 11.1 Å². The lowest BCUT2D eigenvalue weighted by atomic mass is 10.1. The lowest BCUT2D eigenvalue weighted by Crippen LogP contribution is -1.93. The maximum absolute atomic E-state index is 10.1. The van der Waals surface area contributed by atoms with Crippen LogP contribution in [0.25, 0.3) is 0 Å². The Labute approximate surface area is 78.1 Å². The van der Waals surface area contributed by atoms with E-state index in [1.54, 1.807) is 6.08 Å². The Morgan fingerprint density at radius 3 is 2.31 bits per heavy atom. The van der Waals surface area contributed by atoms with E-state index in [1.807, 2.05) is 6.08 Å². The average molecular weight is 172 g/mol. The Balaban J connectivity index is 2.13. The van der Waals surface area contributed by atoms with Gasteiger partial charge in [-0.25, -0.2) is 0 Å². The number of hydrogen-bond donors (Lipinski definition) is 0. The molecule has 0 saturated heterocycles. The third kappa shape index (κ3) is 1.69. The van der Waals surface area contributed by atoms with Crippen molar-refractivity contribution in [1.29, 1.82) is 0 Å². The second-order valence-corrected chi connectivity index (χ2v) is 3.46.